The number of carbonyl (C=O) groups excluding carboxylic acids is 2. The average Bonchev–Trinajstić information content (AvgIpc) is 3.03. The van der Waals surface area contributed by atoms with E-state index in [0.717, 1.165) is 6.92 Å². The van der Waals surface area contributed by atoms with Crippen LogP contribution in [0.2, 0.25) is 0 Å². The Kier molecular flexibility index (Phi) is 8.94. The van der Waals surface area contributed by atoms with Gasteiger partial charge in [0.25, 0.3) is 0 Å². The van der Waals surface area contributed by atoms with Gasteiger partial charge in [-0.1, -0.05) is 6.92 Å². The van der Waals surface area contributed by atoms with Crippen molar-refractivity contribution in [1.82, 2.24) is 0 Å². The van der Waals surface area contributed by atoms with E-state index >= 15 is 0 Å². The zero-order valence-electron chi connectivity index (χ0n) is 18.7. The van der Waals surface area contributed by atoms with Gasteiger partial charge in [0.2, 0.25) is 0 Å². The molecule has 2 atom stereocenters. The minimum absolute atomic E-state index is 0.325. The summed E-state index contributed by atoms with van der Waals surface area (Å²) in [5.74, 6) is -42.3. The van der Waals surface area contributed by atoms with Crippen molar-refractivity contribution in [2.24, 2.45) is 17.3 Å². The van der Waals surface area contributed by atoms with Crippen molar-refractivity contribution in [3.63, 3.8) is 0 Å². The Hall–Kier alpha value is -1.61. The third-order valence-electron chi connectivity index (χ3n) is 5.94. The van der Waals surface area contributed by atoms with Crippen molar-refractivity contribution in [1.29, 1.82) is 0 Å². The lowest BCUT2D eigenvalue weighted by Crippen LogP contribution is -2.70. The van der Waals surface area contributed by atoms with E-state index in [0.29, 0.717) is 0 Å². The molecule has 0 bridgehead atoms. The molecule has 1 saturated carbocycles. The van der Waals surface area contributed by atoms with Gasteiger partial charge in [0.15, 0.2) is 5.41 Å². The molecule has 0 radical (unpaired) electrons. The van der Waals surface area contributed by atoms with Gasteiger partial charge < -0.3 is 9.47 Å². The first-order chi connectivity index (χ1) is 15.9. The van der Waals surface area contributed by atoms with Gasteiger partial charge in [-0.05, 0) is 50.1 Å². The number of halogens is 13. The molecular weight excluding hydrogens is 556 g/mol. The molecule has 1 fully saturated rings. The Labute approximate surface area is 201 Å². The Bertz CT molecular complexity index is 810. The molecule has 0 aromatic carbocycles. The largest absolute Gasteiger partial charge is 0.465 e. The lowest BCUT2D eigenvalue weighted by atomic mass is 9.83. The first kappa shape index (κ1) is 32.4. The minimum Gasteiger partial charge on any atom is -0.465 e. The maximum atomic E-state index is 14.4. The Balaban J connectivity index is 3.42. The van der Waals surface area contributed by atoms with Gasteiger partial charge in [0, 0.05) is 6.42 Å². The summed E-state index contributed by atoms with van der Waals surface area (Å²) < 4.78 is 173. The summed E-state index contributed by atoms with van der Waals surface area (Å²) in [5, 5.41) is -6.52. The topological polar surface area (TPSA) is 52.6 Å². The standard InChI is InChI=1S/C19H21ClF12O4/c1-4-35-11(33)13(12(34)36-5-2)6-9(3)10(7-13)8-14(21,22)15(23,24)16(25,26)17(27,28)18(29,30)19(20,31)32/h9-10H,4-8H2,1-3H3/t9-,10-/m1/s1. The molecule has 212 valence electrons. The quantitative estimate of drug-likeness (QED) is 0.121. The molecule has 0 aromatic rings. The van der Waals surface area contributed by atoms with Crippen LogP contribution in [0.5, 0.6) is 0 Å². The second kappa shape index (κ2) is 9.93. The van der Waals surface area contributed by atoms with Gasteiger partial charge in [0.05, 0.1) is 13.2 Å². The van der Waals surface area contributed by atoms with Crippen LogP contribution < -0.4 is 0 Å². The van der Waals surface area contributed by atoms with Crippen LogP contribution >= 0.6 is 11.6 Å². The van der Waals surface area contributed by atoms with Crippen LogP contribution in [-0.4, -0.2) is 60.1 Å². The number of ether oxygens (including phenoxy) is 2. The maximum Gasteiger partial charge on any atom is 0.393 e. The van der Waals surface area contributed by atoms with E-state index in [-0.39, 0.29) is 13.2 Å². The number of hydrogen-bond donors (Lipinski definition) is 0. The first-order valence-electron chi connectivity index (χ1n) is 10.2. The first-order valence-corrected chi connectivity index (χ1v) is 10.6. The Morgan fingerprint density at radius 3 is 1.50 bits per heavy atom. The molecule has 0 heterocycles. The molecule has 0 amide bonds. The molecule has 0 aliphatic heterocycles. The zero-order valence-corrected chi connectivity index (χ0v) is 19.5. The van der Waals surface area contributed by atoms with Crippen LogP contribution in [0.4, 0.5) is 52.7 Å². The molecule has 0 unspecified atom stereocenters. The summed E-state index contributed by atoms with van der Waals surface area (Å²) in [4.78, 5) is 24.8. The van der Waals surface area contributed by atoms with Gasteiger partial charge in [-0.25, -0.2) is 0 Å². The van der Waals surface area contributed by atoms with Gasteiger partial charge in [-0.2, -0.15) is 52.7 Å². The zero-order chi connectivity index (χ0) is 28.8. The molecule has 0 aromatic heterocycles. The average molecular weight is 577 g/mol. The molecule has 36 heavy (non-hydrogen) atoms. The SMILES string of the molecule is CCOC(=O)C1(C(=O)OCC)C[C@H](CC(F)(F)C(F)(F)C(F)(F)C(F)(F)C(F)(F)C(F)(F)Cl)[C@H](C)C1. The molecule has 4 nitrogen and oxygen atoms in total. The van der Waals surface area contributed by atoms with Crippen LogP contribution in [-0.2, 0) is 19.1 Å². The van der Waals surface area contributed by atoms with E-state index in [1.165, 1.54) is 13.8 Å². The van der Waals surface area contributed by atoms with Crippen molar-refractivity contribution in [3.8, 4) is 0 Å². The van der Waals surface area contributed by atoms with Crippen LogP contribution in [0.15, 0.2) is 0 Å². The molecule has 0 saturated heterocycles. The van der Waals surface area contributed by atoms with Gasteiger partial charge in [0.1, 0.15) is 0 Å². The number of carbonyl (C=O) groups is 2. The molecule has 1 rings (SSSR count). The second-order valence-electron chi connectivity index (χ2n) is 8.37. The van der Waals surface area contributed by atoms with E-state index in [1.54, 1.807) is 0 Å². The Morgan fingerprint density at radius 1 is 0.750 bits per heavy atom. The highest BCUT2D eigenvalue weighted by atomic mass is 35.5. The highest BCUT2D eigenvalue weighted by molar-refractivity contribution is 6.22. The third kappa shape index (κ3) is 4.94. The predicted molar refractivity (Wildman–Crippen MR) is 97.7 cm³/mol. The number of hydrogen-bond acceptors (Lipinski definition) is 4. The fourth-order valence-corrected chi connectivity index (χ4v) is 4.06. The molecule has 17 heteroatoms. The van der Waals surface area contributed by atoms with E-state index in [9.17, 15) is 62.3 Å². The van der Waals surface area contributed by atoms with E-state index in [4.69, 9.17) is 9.47 Å². The Morgan fingerprint density at radius 2 is 1.14 bits per heavy atom. The van der Waals surface area contributed by atoms with Crippen LogP contribution in [0, 0.1) is 17.3 Å². The van der Waals surface area contributed by atoms with E-state index in [1.807, 2.05) is 0 Å². The lowest BCUT2D eigenvalue weighted by molar-refractivity contribution is -0.418. The smallest absolute Gasteiger partial charge is 0.393 e. The highest BCUT2D eigenvalue weighted by Gasteiger charge is 2.90. The highest BCUT2D eigenvalue weighted by Crippen LogP contribution is 2.62. The minimum atomic E-state index is -7.75. The van der Waals surface area contributed by atoms with Crippen molar-refractivity contribution >= 4 is 23.5 Å². The van der Waals surface area contributed by atoms with Crippen molar-refractivity contribution in [2.45, 2.75) is 75.0 Å². The van der Waals surface area contributed by atoms with Crippen LogP contribution in [0.3, 0.4) is 0 Å². The fourth-order valence-electron chi connectivity index (χ4n) is 3.94. The third-order valence-corrected chi connectivity index (χ3v) is 6.17. The summed E-state index contributed by atoms with van der Waals surface area (Å²) in [6.07, 6.45) is -4.11. The summed E-state index contributed by atoms with van der Waals surface area (Å²) >= 11 is 3.66. The van der Waals surface area contributed by atoms with Crippen molar-refractivity contribution < 1.29 is 71.7 Å². The van der Waals surface area contributed by atoms with Crippen LogP contribution in [0.25, 0.3) is 0 Å². The fraction of sp³-hybridized carbons (Fsp3) is 0.895. The molecule has 0 N–H and O–H groups in total. The van der Waals surface area contributed by atoms with Gasteiger partial charge in [-0.15, -0.1) is 0 Å². The van der Waals surface area contributed by atoms with E-state index in [2.05, 4.69) is 11.6 Å². The summed E-state index contributed by atoms with van der Waals surface area (Å²) in [5.41, 5.74) is -2.33. The molecular formula is C19H21ClF12O4. The lowest BCUT2D eigenvalue weighted by Gasteiger charge is -2.40. The number of alkyl halides is 13. The second-order valence-corrected chi connectivity index (χ2v) is 8.85. The summed E-state index contributed by atoms with van der Waals surface area (Å²) in [6.45, 7) is 2.98. The van der Waals surface area contributed by atoms with Crippen molar-refractivity contribution in [3.05, 3.63) is 0 Å². The van der Waals surface area contributed by atoms with Crippen molar-refractivity contribution in [2.75, 3.05) is 13.2 Å². The normalized spacial score (nSPS) is 21.9. The maximum absolute atomic E-state index is 14.4. The van der Waals surface area contributed by atoms with Crippen LogP contribution in [0.1, 0.15) is 40.0 Å². The molecule has 1 aliphatic rings. The number of rotatable bonds is 11. The summed E-state index contributed by atoms with van der Waals surface area (Å²) in [7, 11) is 0. The van der Waals surface area contributed by atoms with E-state index < -0.39 is 83.4 Å². The number of esters is 2. The van der Waals surface area contributed by atoms with Gasteiger partial charge >= 0.3 is 46.9 Å². The summed E-state index contributed by atoms with van der Waals surface area (Å²) in [6, 6.07) is 0. The molecule has 1 aliphatic carbocycles. The predicted octanol–water partition coefficient (Wildman–Crippen LogP) is 6.54. The monoisotopic (exact) mass is 576 g/mol. The van der Waals surface area contributed by atoms with Gasteiger partial charge in [-0.3, -0.25) is 9.59 Å². The molecule has 0 spiro atoms.